The number of carbonyl (C=O) groups excluding carboxylic acids is 2. The average Bonchev–Trinajstić information content (AvgIpc) is 3.30. The highest BCUT2D eigenvalue weighted by molar-refractivity contribution is 6.30. The van der Waals surface area contributed by atoms with Crippen LogP contribution in [0.15, 0.2) is 66.2 Å². The van der Waals surface area contributed by atoms with Gasteiger partial charge in [0.1, 0.15) is 11.6 Å². The Morgan fingerprint density at radius 3 is 2.57 bits per heavy atom. The summed E-state index contributed by atoms with van der Waals surface area (Å²) in [5.41, 5.74) is 2.42. The largest absolute Gasteiger partial charge is 0.507 e. The molecule has 0 aromatic heterocycles. The minimum absolute atomic E-state index is 0.0912. The van der Waals surface area contributed by atoms with Gasteiger partial charge in [0, 0.05) is 49.9 Å². The minimum Gasteiger partial charge on any atom is -0.507 e. The second-order valence-corrected chi connectivity index (χ2v) is 10.2. The van der Waals surface area contributed by atoms with Gasteiger partial charge in [-0.15, -0.1) is 0 Å². The molecule has 2 fully saturated rings. The van der Waals surface area contributed by atoms with Gasteiger partial charge in [-0.2, -0.15) is 0 Å². The maximum Gasteiger partial charge on any atom is 0.257 e. The van der Waals surface area contributed by atoms with E-state index in [0.29, 0.717) is 31.0 Å². The van der Waals surface area contributed by atoms with Crippen molar-refractivity contribution in [2.75, 3.05) is 26.2 Å². The van der Waals surface area contributed by atoms with Gasteiger partial charge in [-0.3, -0.25) is 14.5 Å². The highest BCUT2D eigenvalue weighted by Gasteiger charge is 2.25. The number of benzene rings is 3. The zero-order valence-electron chi connectivity index (χ0n) is 20.4. The second-order valence-electron chi connectivity index (χ2n) is 9.81. The van der Waals surface area contributed by atoms with Gasteiger partial charge < -0.3 is 15.3 Å². The first-order chi connectivity index (χ1) is 17.8. The molecule has 3 aromatic carbocycles. The van der Waals surface area contributed by atoms with E-state index >= 15 is 0 Å². The van der Waals surface area contributed by atoms with E-state index in [9.17, 15) is 19.1 Å². The first-order valence-electron chi connectivity index (χ1n) is 12.5. The summed E-state index contributed by atoms with van der Waals surface area (Å²) in [7, 11) is 0. The molecule has 0 radical (unpaired) electrons. The third kappa shape index (κ3) is 6.12. The Morgan fingerprint density at radius 1 is 1.03 bits per heavy atom. The number of rotatable bonds is 5. The van der Waals surface area contributed by atoms with Crippen LogP contribution >= 0.6 is 11.6 Å². The number of carbonyl (C=O) groups is 2. The van der Waals surface area contributed by atoms with E-state index in [-0.39, 0.29) is 35.0 Å². The lowest BCUT2D eigenvalue weighted by Gasteiger charge is -2.28. The zero-order chi connectivity index (χ0) is 25.9. The summed E-state index contributed by atoms with van der Waals surface area (Å²) >= 11 is 5.86. The fourth-order valence-corrected chi connectivity index (χ4v) is 5.31. The maximum absolute atomic E-state index is 13.4. The number of nitrogens with one attached hydrogen (secondary N) is 1. The lowest BCUT2D eigenvalue weighted by atomic mass is 10.0. The van der Waals surface area contributed by atoms with Crippen LogP contribution in [0.5, 0.6) is 5.75 Å². The van der Waals surface area contributed by atoms with Crippen LogP contribution in [0.2, 0.25) is 5.02 Å². The van der Waals surface area contributed by atoms with E-state index in [1.54, 1.807) is 29.2 Å². The van der Waals surface area contributed by atoms with E-state index in [0.717, 1.165) is 42.4 Å². The molecule has 2 aliphatic rings. The summed E-state index contributed by atoms with van der Waals surface area (Å²) in [6.45, 7) is 3.46. The quantitative estimate of drug-likeness (QED) is 0.469. The molecule has 2 N–H and O–H groups in total. The molecule has 6 nitrogen and oxygen atoms in total. The SMILES string of the molecule is O=C(C=C1CCN(C(=O)c2ccc(Cl)cc2O)CC1)N[C@@H]1CCN(Cc2ccc3cc(F)ccc3c2)C1. The lowest BCUT2D eigenvalue weighted by molar-refractivity contribution is -0.117. The summed E-state index contributed by atoms with van der Waals surface area (Å²) in [6, 6.07) is 15.5. The van der Waals surface area contributed by atoms with Crippen LogP contribution in [-0.2, 0) is 11.3 Å². The van der Waals surface area contributed by atoms with Gasteiger partial charge in [0.15, 0.2) is 0 Å². The number of phenols is 1. The number of hydrogen-bond donors (Lipinski definition) is 2. The molecule has 0 aliphatic carbocycles. The Bertz CT molecular complexity index is 1370. The van der Waals surface area contributed by atoms with Crippen LogP contribution in [0.4, 0.5) is 4.39 Å². The molecule has 0 spiro atoms. The summed E-state index contributed by atoms with van der Waals surface area (Å²) in [5, 5.41) is 15.5. The first-order valence-corrected chi connectivity index (χ1v) is 12.9. The van der Waals surface area contributed by atoms with Crippen molar-refractivity contribution in [2.24, 2.45) is 0 Å². The molecule has 0 bridgehead atoms. The number of likely N-dealkylation sites (tertiary alicyclic amines) is 2. The fraction of sp³-hybridized carbons (Fsp3) is 0.310. The van der Waals surface area contributed by atoms with Crippen LogP contribution < -0.4 is 5.32 Å². The normalized spacial score (nSPS) is 18.3. The lowest BCUT2D eigenvalue weighted by Crippen LogP contribution is -2.38. The van der Waals surface area contributed by atoms with Crippen molar-refractivity contribution < 1.29 is 19.1 Å². The Balaban J connectivity index is 1.10. The van der Waals surface area contributed by atoms with Gasteiger partial charge in [0.05, 0.1) is 5.56 Å². The summed E-state index contributed by atoms with van der Waals surface area (Å²) in [4.78, 5) is 29.4. The fourth-order valence-electron chi connectivity index (χ4n) is 5.14. The van der Waals surface area contributed by atoms with Gasteiger partial charge >= 0.3 is 0 Å². The molecule has 2 aliphatic heterocycles. The molecular formula is C29H29ClFN3O3. The van der Waals surface area contributed by atoms with Crippen molar-refractivity contribution in [2.45, 2.75) is 31.8 Å². The van der Waals surface area contributed by atoms with E-state index in [2.05, 4.69) is 16.3 Å². The number of halogens is 2. The second kappa shape index (κ2) is 10.9. The Morgan fingerprint density at radius 2 is 1.78 bits per heavy atom. The third-order valence-electron chi connectivity index (χ3n) is 7.11. The van der Waals surface area contributed by atoms with Crippen molar-refractivity contribution in [3.8, 4) is 5.75 Å². The van der Waals surface area contributed by atoms with Gasteiger partial charge in [0.25, 0.3) is 5.91 Å². The predicted octanol–water partition coefficient (Wildman–Crippen LogP) is 4.89. The summed E-state index contributed by atoms with van der Waals surface area (Å²) in [6.07, 6.45) is 3.81. The predicted molar refractivity (Wildman–Crippen MR) is 142 cm³/mol. The van der Waals surface area contributed by atoms with E-state index in [4.69, 9.17) is 11.6 Å². The molecule has 0 saturated carbocycles. The smallest absolute Gasteiger partial charge is 0.257 e. The Hall–Kier alpha value is -3.42. The van der Waals surface area contributed by atoms with Crippen molar-refractivity contribution >= 4 is 34.2 Å². The van der Waals surface area contributed by atoms with Crippen LogP contribution in [0.1, 0.15) is 35.2 Å². The molecule has 8 heteroatoms. The number of piperidine rings is 1. The molecule has 192 valence electrons. The van der Waals surface area contributed by atoms with Crippen LogP contribution in [0, 0.1) is 5.82 Å². The molecule has 1 atom stereocenters. The van der Waals surface area contributed by atoms with E-state index in [1.165, 1.54) is 23.8 Å². The molecule has 2 saturated heterocycles. The van der Waals surface area contributed by atoms with Gasteiger partial charge in [-0.05, 0) is 72.0 Å². The Labute approximate surface area is 220 Å². The number of aromatic hydroxyl groups is 1. The van der Waals surface area contributed by atoms with E-state index in [1.807, 2.05) is 12.1 Å². The van der Waals surface area contributed by atoms with Crippen molar-refractivity contribution in [3.05, 3.63) is 88.2 Å². The number of fused-ring (bicyclic) bond motifs is 1. The topological polar surface area (TPSA) is 72.9 Å². The molecule has 5 rings (SSSR count). The van der Waals surface area contributed by atoms with Crippen molar-refractivity contribution in [1.82, 2.24) is 15.1 Å². The third-order valence-corrected chi connectivity index (χ3v) is 7.35. The molecule has 3 aromatic rings. The van der Waals surface area contributed by atoms with Gasteiger partial charge in [-0.1, -0.05) is 35.4 Å². The minimum atomic E-state index is -0.234. The molecular weight excluding hydrogens is 493 g/mol. The van der Waals surface area contributed by atoms with Gasteiger partial charge in [-0.25, -0.2) is 4.39 Å². The maximum atomic E-state index is 13.4. The van der Waals surface area contributed by atoms with Crippen LogP contribution in [0.3, 0.4) is 0 Å². The van der Waals surface area contributed by atoms with Crippen LogP contribution in [0.25, 0.3) is 10.8 Å². The Kier molecular flexibility index (Phi) is 7.44. The number of hydrogen-bond acceptors (Lipinski definition) is 4. The number of nitrogens with zero attached hydrogens (tertiary/aromatic N) is 2. The average molecular weight is 522 g/mol. The van der Waals surface area contributed by atoms with E-state index < -0.39 is 0 Å². The number of amides is 2. The van der Waals surface area contributed by atoms with Gasteiger partial charge in [0.2, 0.25) is 5.91 Å². The highest BCUT2D eigenvalue weighted by Crippen LogP contribution is 2.26. The molecule has 2 amide bonds. The summed E-state index contributed by atoms with van der Waals surface area (Å²) < 4.78 is 13.4. The van der Waals surface area contributed by atoms with Crippen LogP contribution in [-0.4, -0.2) is 58.9 Å². The monoisotopic (exact) mass is 521 g/mol. The molecule has 2 heterocycles. The summed E-state index contributed by atoms with van der Waals surface area (Å²) in [5.74, 6) is -0.683. The standard InChI is InChI=1S/C29H29ClFN3O3/c30-23-4-6-26(27(35)16-23)29(37)34-11-7-19(8-12-34)14-28(36)32-25-9-10-33(18-25)17-20-1-2-22-15-24(31)5-3-21(22)13-20/h1-6,13-16,25,35H,7-12,17-18H2,(H,32,36)/t25-/m1/s1. The zero-order valence-corrected chi connectivity index (χ0v) is 21.2. The number of phenolic OH excluding ortho intramolecular Hbond substituents is 1. The molecule has 0 unspecified atom stereocenters. The molecule has 37 heavy (non-hydrogen) atoms. The highest BCUT2D eigenvalue weighted by atomic mass is 35.5. The van der Waals surface area contributed by atoms with Crippen molar-refractivity contribution in [1.29, 1.82) is 0 Å². The first kappa shape index (κ1) is 25.2. The van der Waals surface area contributed by atoms with Crippen molar-refractivity contribution in [3.63, 3.8) is 0 Å².